The molecule has 0 heterocycles. The Morgan fingerprint density at radius 3 is 2.44 bits per heavy atom. The topological polar surface area (TPSA) is 26.3 Å². The van der Waals surface area contributed by atoms with E-state index >= 15 is 0 Å². The van der Waals surface area contributed by atoms with Crippen molar-refractivity contribution in [3.8, 4) is 5.75 Å². The van der Waals surface area contributed by atoms with Gasteiger partial charge in [-0.1, -0.05) is 98.0 Å². The molecule has 2 aromatic carbocycles. The van der Waals surface area contributed by atoms with Crippen LogP contribution in [0.4, 0.5) is 0 Å². The van der Waals surface area contributed by atoms with Gasteiger partial charge < -0.3 is 4.74 Å². The highest BCUT2D eigenvalue weighted by Gasteiger charge is 2.84. The number of halogens is 3. The molecule has 3 atom stereocenters. The second kappa shape index (κ2) is 5.80. The Kier molecular flexibility index (Phi) is 4.18. The molecular weight excluding hydrogens is 512 g/mol. The van der Waals surface area contributed by atoms with Gasteiger partial charge in [0, 0.05) is 15.6 Å². The highest BCUT2D eigenvalue weighted by molar-refractivity contribution is 9.24. The highest BCUT2D eigenvalue weighted by Crippen LogP contribution is 2.82. The van der Waals surface area contributed by atoms with Crippen LogP contribution in [0.3, 0.4) is 0 Å². The molecule has 132 valence electrons. The lowest BCUT2D eigenvalue weighted by Gasteiger charge is -2.65. The van der Waals surface area contributed by atoms with Crippen molar-refractivity contribution in [3.63, 3.8) is 0 Å². The Hall–Kier alpha value is -0.390. The maximum absolute atomic E-state index is 13.3. The zero-order chi connectivity index (χ0) is 18.0. The van der Waals surface area contributed by atoms with Crippen LogP contribution in [0.1, 0.15) is 26.7 Å². The number of alkyl halides is 3. The van der Waals surface area contributed by atoms with E-state index in [-0.39, 0.29) is 25.4 Å². The van der Waals surface area contributed by atoms with Gasteiger partial charge in [-0.25, -0.2) is 0 Å². The van der Waals surface area contributed by atoms with Crippen LogP contribution < -0.4 is 4.74 Å². The van der Waals surface area contributed by atoms with Crippen molar-refractivity contribution in [2.24, 2.45) is 16.2 Å². The van der Waals surface area contributed by atoms with Gasteiger partial charge in [0.05, 0.1) is 9.15 Å². The Balaban J connectivity index is 1.71. The maximum Gasteiger partial charge on any atom is 0.319 e. The van der Waals surface area contributed by atoms with Gasteiger partial charge >= 0.3 is 5.97 Å². The average molecular weight is 531 g/mol. The molecule has 3 aliphatic carbocycles. The molecule has 3 aliphatic rings. The highest BCUT2D eigenvalue weighted by atomic mass is 79.9. The van der Waals surface area contributed by atoms with Gasteiger partial charge in [-0.3, -0.25) is 4.79 Å². The maximum atomic E-state index is 13.3. The summed E-state index contributed by atoms with van der Waals surface area (Å²) in [7, 11) is 0. The van der Waals surface area contributed by atoms with Gasteiger partial charge in [-0.15, -0.1) is 0 Å². The summed E-state index contributed by atoms with van der Waals surface area (Å²) in [5.41, 5.74) is -0.651. The third-order valence-corrected chi connectivity index (χ3v) is 10.0. The summed E-state index contributed by atoms with van der Waals surface area (Å²) in [6.07, 6.45) is 1.83. The number of esters is 1. The quantitative estimate of drug-likeness (QED) is 0.260. The zero-order valence-corrected chi connectivity index (χ0v) is 18.8. The van der Waals surface area contributed by atoms with Crippen LogP contribution in [-0.4, -0.2) is 14.5 Å². The van der Waals surface area contributed by atoms with Crippen LogP contribution in [0, 0.1) is 16.2 Å². The lowest BCUT2D eigenvalue weighted by Crippen LogP contribution is -2.71. The Morgan fingerprint density at radius 2 is 1.80 bits per heavy atom. The lowest BCUT2D eigenvalue weighted by atomic mass is 9.43. The first-order chi connectivity index (χ1) is 11.8. The summed E-state index contributed by atoms with van der Waals surface area (Å²) >= 11 is 11.3. The molecule has 2 aromatic rings. The second-order valence-electron chi connectivity index (χ2n) is 7.67. The first-order valence-corrected chi connectivity index (χ1v) is 11.2. The van der Waals surface area contributed by atoms with Crippen molar-refractivity contribution in [3.05, 3.63) is 42.5 Å². The van der Waals surface area contributed by atoms with E-state index in [1.54, 1.807) is 0 Å². The molecule has 5 heteroatoms. The molecule has 0 saturated heterocycles. The number of hydrogen-bond donors (Lipinski definition) is 0. The first kappa shape index (κ1) is 18.0. The Labute approximate surface area is 173 Å². The average Bonchev–Trinajstić information content (AvgIpc) is 3.05. The molecule has 3 unspecified atom stereocenters. The summed E-state index contributed by atoms with van der Waals surface area (Å²) in [5.74, 6) is 0.524. The van der Waals surface area contributed by atoms with Gasteiger partial charge in [0.15, 0.2) is 0 Å². The molecule has 0 spiro atoms. The van der Waals surface area contributed by atoms with Gasteiger partial charge in [0.1, 0.15) is 5.75 Å². The summed E-state index contributed by atoms with van der Waals surface area (Å²) in [6, 6.07) is 13.8. The van der Waals surface area contributed by atoms with Crippen molar-refractivity contribution in [1.82, 2.24) is 0 Å². The number of benzene rings is 2. The fourth-order valence-corrected chi connectivity index (χ4v) is 10.0. The SMILES string of the molecule is CC1(C)C2(C(=O)Oc3cccc4ccccc34)CCC1(C(Br)Br)C2Br. The molecule has 3 saturated carbocycles. The minimum atomic E-state index is -0.496. The lowest BCUT2D eigenvalue weighted by molar-refractivity contribution is -0.176. The molecule has 25 heavy (non-hydrogen) atoms. The Morgan fingerprint density at radius 1 is 1.12 bits per heavy atom. The molecular formula is C20H19Br3O2. The predicted octanol–water partition coefficient (Wildman–Crippen LogP) is 6.43. The smallest absolute Gasteiger partial charge is 0.319 e. The summed E-state index contributed by atoms with van der Waals surface area (Å²) < 4.78 is 6.14. The van der Waals surface area contributed by atoms with Crippen LogP contribution in [0.15, 0.2) is 42.5 Å². The van der Waals surface area contributed by atoms with E-state index in [9.17, 15) is 4.79 Å². The van der Waals surface area contributed by atoms with E-state index in [0.717, 1.165) is 23.6 Å². The van der Waals surface area contributed by atoms with Crippen LogP contribution in [0.5, 0.6) is 5.75 Å². The standard InChI is InChI=1S/C20H19Br3O2/c1-18(2)19(16(22)23)10-11-20(18,15(19)21)17(24)25-14-9-5-7-12-6-3-4-8-13(12)14/h3-9,15-16H,10-11H2,1-2H3. The van der Waals surface area contributed by atoms with Gasteiger partial charge in [-0.2, -0.15) is 0 Å². The van der Waals surface area contributed by atoms with Crippen molar-refractivity contribution in [2.45, 2.75) is 35.3 Å². The largest absolute Gasteiger partial charge is 0.425 e. The minimum absolute atomic E-state index is 0.00474. The van der Waals surface area contributed by atoms with E-state index < -0.39 is 5.41 Å². The van der Waals surface area contributed by atoms with Crippen LogP contribution >= 0.6 is 47.8 Å². The number of rotatable bonds is 3. The summed E-state index contributed by atoms with van der Waals surface area (Å²) in [6.45, 7) is 4.38. The van der Waals surface area contributed by atoms with E-state index in [1.165, 1.54) is 0 Å². The predicted molar refractivity (Wildman–Crippen MR) is 112 cm³/mol. The van der Waals surface area contributed by atoms with Crippen molar-refractivity contribution in [2.75, 3.05) is 0 Å². The van der Waals surface area contributed by atoms with E-state index in [2.05, 4.69) is 61.6 Å². The monoisotopic (exact) mass is 528 g/mol. The number of ether oxygens (including phenoxy) is 1. The number of carbonyl (C=O) groups excluding carboxylic acids is 1. The first-order valence-electron chi connectivity index (χ1n) is 8.41. The van der Waals surface area contributed by atoms with Crippen LogP contribution in [-0.2, 0) is 4.79 Å². The van der Waals surface area contributed by atoms with Crippen molar-refractivity contribution < 1.29 is 9.53 Å². The van der Waals surface area contributed by atoms with Crippen molar-refractivity contribution >= 4 is 64.5 Å². The molecule has 2 bridgehead atoms. The molecule has 0 N–H and O–H groups in total. The normalized spacial score (nSPS) is 32.6. The van der Waals surface area contributed by atoms with Gasteiger partial charge in [0.25, 0.3) is 0 Å². The molecule has 2 nitrogen and oxygen atoms in total. The number of carbonyl (C=O) groups is 1. The third kappa shape index (κ3) is 2.03. The van der Waals surface area contributed by atoms with Gasteiger partial charge in [0.2, 0.25) is 0 Å². The van der Waals surface area contributed by atoms with E-state index in [1.807, 2.05) is 42.5 Å². The van der Waals surface area contributed by atoms with Crippen LogP contribution in [0.2, 0.25) is 0 Å². The number of fused-ring (bicyclic) bond motifs is 2. The molecule has 0 aromatic heterocycles. The Bertz CT molecular complexity index is 858. The van der Waals surface area contributed by atoms with E-state index in [0.29, 0.717) is 5.75 Å². The summed E-state index contributed by atoms with van der Waals surface area (Å²) in [5, 5.41) is 2.05. The molecule has 0 amide bonds. The second-order valence-corrected chi connectivity index (χ2v) is 11.6. The zero-order valence-electron chi connectivity index (χ0n) is 14.1. The summed E-state index contributed by atoms with van der Waals surface area (Å²) in [4.78, 5) is 13.4. The third-order valence-electron chi connectivity index (χ3n) is 6.80. The minimum Gasteiger partial charge on any atom is -0.425 e. The fraction of sp³-hybridized carbons (Fsp3) is 0.450. The van der Waals surface area contributed by atoms with Crippen molar-refractivity contribution in [1.29, 1.82) is 0 Å². The van der Waals surface area contributed by atoms with Gasteiger partial charge in [-0.05, 0) is 29.7 Å². The van der Waals surface area contributed by atoms with E-state index in [4.69, 9.17) is 4.74 Å². The molecule has 0 radical (unpaired) electrons. The molecule has 3 fully saturated rings. The molecule has 0 aliphatic heterocycles. The molecule has 5 rings (SSSR count). The van der Waals surface area contributed by atoms with Crippen LogP contribution in [0.25, 0.3) is 10.8 Å². The number of hydrogen-bond acceptors (Lipinski definition) is 2. The fourth-order valence-electron chi connectivity index (χ4n) is 5.12.